The van der Waals surface area contributed by atoms with Crippen LogP contribution in [0.5, 0.6) is 0 Å². The van der Waals surface area contributed by atoms with Crippen molar-refractivity contribution in [1.82, 2.24) is 14.7 Å². The van der Waals surface area contributed by atoms with Crippen LogP contribution in [0, 0.1) is 0 Å². The molecule has 0 bridgehead atoms. The van der Waals surface area contributed by atoms with Gasteiger partial charge in [-0.1, -0.05) is 13.8 Å². The number of carboxylic acids is 1. The molecule has 0 aliphatic carbocycles. The quantitative estimate of drug-likeness (QED) is 0.618. The maximum atomic E-state index is 10.8. The fraction of sp³-hybridized carbons (Fsp3) is 0.933. The summed E-state index contributed by atoms with van der Waals surface area (Å²) in [5.74, 6) is -0.695. The Kier molecular flexibility index (Phi) is 8.82. The van der Waals surface area contributed by atoms with E-state index >= 15 is 0 Å². The van der Waals surface area contributed by atoms with Gasteiger partial charge in [0.25, 0.3) is 0 Å². The predicted octanol–water partition coefficient (Wildman–Crippen LogP) is 1.20. The molecule has 5 nitrogen and oxygen atoms in total. The molecule has 118 valence electrons. The molecular weight excluding hydrogens is 254 g/mol. The van der Waals surface area contributed by atoms with Crippen molar-refractivity contribution in [2.24, 2.45) is 0 Å². The van der Waals surface area contributed by atoms with Gasteiger partial charge in [-0.3, -0.25) is 4.79 Å². The zero-order chi connectivity index (χ0) is 14.8. The van der Waals surface area contributed by atoms with Crippen LogP contribution in [-0.4, -0.2) is 84.7 Å². The fourth-order valence-electron chi connectivity index (χ4n) is 2.70. The lowest BCUT2D eigenvalue weighted by Gasteiger charge is -2.27. The number of rotatable bonds is 11. The van der Waals surface area contributed by atoms with Crippen LogP contribution in [0.2, 0.25) is 0 Å². The fourth-order valence-corrected chi connectivity index (χ4v) is 2.70. The summed E-state index contributed by atoms with van der Waals surface area (Å²) in [6.07, 6.45) is 2.88. The molecule has 1 aliphatic heterocycles. The molecule has 1 N–H and O–H groups in total. The van der Waals surface area contributed by atoms with Crippen LogP contribution in [0.25, 0.3) is 0 Å². The van der Waals surface area contributed by atoms with Gasteiger partial charge in [-0.15, -0.1) is 0 Å². The summed E-state index contributed by atoms with van der Waals surface area (Å²) in [4.78, 5) is 18.0. The highest BCUT2D eigenvalue weighted by Crippen LogP contribution is 2.07. The van der Waals surface area contributed by atoms with E-state index in [1.54, 1.807) is 0 Å². The van der Waals surface area contributed by atoms with E-state index in [0.717, 1.165) is 39.3 Å². The van der Waals surface area contributed by atoms with Crippen molar-refractivity contribution < 1.29 is 9.90 Å². The number of hydrogen-bond donors (Lipinski definition) is 1. The minimum absolute atomic E-state index is 0.248. The Balaban J connectivity index is 2.31. The van der Waals surface area contributed by atoms with Crippen LogP contribution in [0.4, 0.5) is 0 Å². The van der Waals surface area contributed by atoms with Crippen molar-refractivity contribution in [3.63, 3.8) is 0 Å². The highest BCUT2D eigenvalue weighted by Gasteiger charge is 2.14. The van der Waals surface area contributed by atoms with Crippen LogP contribution in [0.15, 0.2) is 0 Å². The van der Waals surface area contributed by atoms with Gasteiger partial charge in [0.05, 0.1) is 6.42 Å². The third-order valence-electron chi connectivity index (χ3n) is 4.20. The van der Waals surface area contributed by atoms with E-state index in [2.05, 4.69) is 28.5 Å². The monoisotopic (exact) mass is 285 g/mol. The third kappa shape index (κ3) is 7.22. The summed E-state index contributed by atoms with van der Waals surface area (Å²) in [7, 11) is 0. The Morgan fingerprint density at radius 2 is 1.60 bits per heavy atom. The SMILES string of the molecule is CCN(CC)CCN(CCC(=O)O)CCN1CCCC1. The zero-order valence-corrected chi connectivity index (χ0v) is 13.2. The Hall–Kier alpha value is -0.650. The number of likely N-dealkylation sites (N-methyl/N-ethyl adjacent to an activating group) is 1. The zero-order valence-electron chi connectivity index (χ0n) is 13.2. The Morgan fingerprint density at radius 3 is 2.15 bits per heavy atom. The van der Waals surface area contributed by atoms with E-state index in [-0.39, 0.29) is 6.42 Å². The number of likely N-dealkylation sites (tertiary alicyclic amines) is 1. The molecule has 1 rings (SSSR count). The number of aliphatic carboxylic acids is 1. The summed E-state index contributed by atoms with van der Waals surface area (Å²) < 4.78 is 0. The molecule has 0 saturated carbocycles. The lowest BCUT2D eigenvalue weighted by molar-refractivity contribution is -0.137. The molecule has 1 aliphatic rings. The molecule has 1 heterocycles. The lowest BCUT2D eigenvalue weighted by Crippen LogP contribution is -2.40. The summed E-state index contributed by atoms with van der Waals surface area (Å²) in [6, 6.07) is 0. The minimum atomic E-state index is -0.695. The van der Waals surface area contributed by atoms with Gasteiger partial charge < -0.3 is 19.8 Å². The average molecular weight is 285 g/mol. The van der Waals surface area contributed by atoms with Gasteiger partial charge in [0.1, 0.15) is 0 Å². The number of nitrogens with zero attached hydrogens (tertiary/aromatic N) is 3. The van der Waals surface area contributed by atoms with Crippen LogP contribution in [0.1, 0.15) is 33.1 Å². The molecule has 0 aromatic heterocycles. The number of carbonyl (C=O) groups is 1. The van der Waals surface area contributed by atoms with Crippen molar-refractivity contribution in [3.05, 3.63) is 0 Å². The largest absolute Gasteiger partial charge is 0.481 e. The second-order valence-electron chi connectivity index (χ2n) is 5.56. The van der Waals surface area contributed by atoms with Gasteiger partial charge in [0.2, 0.25) is 0 Å². The Morgan fingerprint density at radius 1 is 1.00 bits per heavy atom. The van der Waals surface area contributed by atoms with E-state index in [4.69, 9.17) is 5.11 Å². The van der Waals surface area contributed by atoms with Crippen LogP contribution >= 0.6 is 0 Å². The van der Waals surface area contributed by atoms with Gasteiger partial charge in [0, 0.05) is 32.7 Å². The van der Waals surface area contributed by atoms with Gasteiger partial charge in [-0.2, -0.15) is 0 Å². The number of carboxylic acid groups (broad SMARTS) is 1. The summed E-state index contributed by atoms with van der Waals surface area (Å²) >= 11 is 0. The number of hydrogen-bond acceptors (Lipinski definition) is 4. The van der Waals surface area contributed by atoms with E-state index in [1.165, 1.54) is 25.9 Å². The summed E-state index contributed by atoms with van der Waals surface area (Å²) in [5.41, 5.74) is 0. The first-order valence-corrected chi connectivity index (χ1v) is 8.04. The van der Waals surface area contributed by atoms with Gasteiger partial charge >= 0.3 is 5.97 Å². The average Bonchev–Trinajstić information content (AvgIpc) is 2.95. The van der Waals surface area contributed by atoms with Crippen molar-refractivity contribution >= 4 is 5.97 Å². The van der Waals surface area contributed by atoms with E-state index in [0.29, 0.717) is 6.54 Å². The molecule has 0 aromatic carbocycles. The Bertz CT molecular complexity index is 258. The van der Waals surface area contributed by atoms with Crippen molar-refractivity contribution in [1.29, 1.82) is 0 Å². The van der Waals surface area contributed by atoms with Gasteiger partial charge in [-0.05, 0) is 39.0 Å². The maximum Gasteiger partial charge on any atom is 0.304 e. The highest BCUT2D eigenvalue weighted by molar-refractivity contribution is 5.66. The third-order valence-corrected chi connectivity index (χ3v) is 4.20. The molecule has 0 aromatic rings. The van der Waals surface area contributed by atoms with Crippen molar-refractivity contribution in [3.8, 4) is 0 Å². The summed E-state index contributed by atoms with van der Waals surface area (Å²) in [5, 5.41) is 8.86. The molecule has 0 amide bonds. The second kappa shape index (κ2) is 10.1. The lowest BCUT2D eigenvalue weighted by atomic mass is 10.3. The standard InChI is InChI=1S/C15H31N3O2/c1-3-16(4-2)11-12-18(10-7-15(19)20)14-13-17-8-5-6-9-17/h3-14H2,1-2H3,(H,19,20). The first-order valence-electron chi connectivity index (χ1n) is 8.04. The smallest absolute Gasteiger partial charge is 0.304 e. The normalized spacial score (nSPS) is 16.4. The predicted molar refractivity (Wildman–Crippen MR) is 82.2 cm³/mol. The summed E-state index contributed by atoms with van der Waals surface area (Å²) in [6.45, 7) is 13.7. The van der Waals surface area contributed by atoms with Gasteiger partial charge in [-0.25, -0.2) is 0 Å². The molecule has 20 heavy (non-hydrogen) atoms. The molecule has 0 unspecified atom stereocenters. The molecule has 1 fully saturated rings. The molecule has 0 spiro atoms. The van der Waals surface area contributed by atoms with E-state index < -0.39 is 5.97 Å². The molecule has 5 heteroatoms. The molecule has 0 radical (unpaired) electrons. The van der Waals surface area contributed by atoms with Crippen molar-refractivity contribution in [2.45, 2.75) is 33.1 Å². The minimum Gasteiger partial charge on any atom is -0.481 e. The molecular formula is C15H31N3O2. The van der Waals surface area contributed by atoms with Gasteiger partial charge in [0.15, 0.2) is 0 Å². The first-order chi connectivity index (χ1) is 9.65. The van der Waals surface area contributed by atoms with Crippen LogP contribution < -0.4 is 0 Å². The topological polar surface area (TPSA) is 47.0 Å². The van der Waals surface area contributed by atoms with E-state index in [9.17, 15) is 4.79 Å². The van der Waals surface area contributed by atoms with Crippen LogP contribution in [-0.2, 0) is 4.79 Å². The molecule has 0 atom stereocenters. The maximum absolute atomic E-state index is 10.8. The van der Waals surface area contributed by atoms with E-state index in [1.807, 2.05) is 0 Å². The second-order valence-corrected chi connectivity index (χ2v) is 5.56. The first kappa shape index (κ1) is 17.4. The Labute approximate surface area is 123 Å². The van der Waals surface area contributed by atoms with Crippen LogP contribution in [0.3, 0.4) is 0 Å². The van der Waals surface area contributed by atoms with Crippen molar-refractivity contribution in [2.75, 3.05) is 58.9 Å². The molecule has 1 saturated heterocycles. The highest BCUT2D eigenvalue weighted by atomic mass is 16.4.